The monoisotopic (exact) mass is 445 g/mol. The average molecular weight is 445 g/mol. The number of nitro groups is 1. The molecule has 1 heterocycles. The molecule has 1 saturated heterocycles. The molecule has 1 unspecified atom stereocenters. The zero-order valence-corrected chi connectivity index (χ0v) is 15.9. The molecule has 1 fully saturated rings. The molecule has 0 saturated carbocycles. The third-order valence-electron chi connectivity index (χ3n) is 4.23. The number of halogens is 3. The van der Waals surface area contributed by atoms with Gasteiger partial charge in [0.2, 0.25) is 17.7 Å². The molecule has 0 radical (unpaired) electrons. The standard InChI is InChI=1S/C17H18F3N5O6/c18-17(19,20)16(29)24-6-5-21-13(26)8-22-15(28)12(23-14(27)9-24)7-10-1-3-11(4-2-10)25(30)31/h1-4,12H,5-9H2,(H,21,26)(H,22,28)(H,23,27). The van der Waals surface area contributed by atoms with E-state index in [2.05, 4.69) is 16.0 Å². The SMILES string of the molecule is O=C1CNC(=O)C(Cc2ccc([N+](=O)[O-])cc2)NC(=O)CN(C(=O)C(F)(F)F)CCN1. The molecule has 0 spiro atoms. The van der Waals surface area contributed by atoms with E-state index in [0.29, 0.717) is 5.56 Å². The molecule has 1 aromatic carbocycles. The van der Waals surface area contributed by atoms with Gasteiger partial charge in [-0.25, -0.2) is 0 Å². The predicted octanol–water partition coefficient (Wildman–Crippen LogP) is -0.741. The van der Waals surface area contributed by atoms with E-state index in [1.165, 1.54) is 24.3 Å². The summed E-state index contributed by atoms with van der Waals surface area (Å²) in [5.74, 6) is -4.78. The minimum Gasteiger partial charge on any atom is -0.353 e. The van der Waals surface area contributed by atoms with Crippen LogP contribution in [0.2, 0.25) is 0 Å². The highest BCUT2D eigenvalue weighted by atomic mass is 19.4. The lowest BCUT2D eigenvalue weighted by Gasteiger charge is -2.26. The fraction of sp³-hybridized carbons (Fsp3) is 0.412. The Morgan fingerprint density at radius 2 is 1.77 bits per heavy atom. The number of benzene rings is 1. The lowest BCUT2D eigenvalue weighted by atomic mass is 10.0. The maximum atomic E-state index is 12.8. The Hall–Kier alpha value is -3.71. The third kappa shape index (κ3) is 6.94. The first kappa shape index (κ1) is 23.6. The molecular formula is C17H18F3N5O6. The van der Waals surface area contributed by atoms with Crippen molar-refractivity contribution < 1.29 is 37.3 Å². The van der Waals surface area contributed by atoms with Crippen molar-refractivity contribution in [3.05, 3.63) is 39.9 Å². The molecule has 0 bridgehead atoms. The topological polar surface area (TPSA) is 151 Å². The molecule has 14 heteroatoms. The maximum absolute atomic E-state index is 12.8. The molecule has 1 aliphatic rings. The largest absolute Gasteiger partial charge is 0.471 e. The van der Waals surface area contributed by atoms with Crippen molar-refractivity contribution in [3.8, 4) is 0 Å². The van der Waals surface area contributed by atoms with Crippen LogP contribution in [-0.4, -0.2) is 71.8 Å². The van der Waals surface area contributed by atoms with E-state index in [9.17, 15) is 42.5 Å². The molecule has 0 aliphatic carbocycles. The van der Waals surface area contributed by atoms with Crippen LogP contribution in [0.1, 0.15) is 5.56 Å². The van der Waals surface area contributed by atoms with Crippen molar-refractivity contribution >= 4 is 29.3 Å². The molecular weight excluding hydrogens is 427 g/mol. The highest BCUT2D eigenvalue weighted by Crippen LogP contribution is 2.18. The summed E-state index contributed by atoms with van der Waals surface area (Å²) >= 11 is 0. The highest BCUT2D eigenvalue weighted by Gasteiger charge is 2.43. The van der Waals surface area contributed by atoms with E-state index in [0.717, 1.165) is 0 Å². The van der Waals surface area contributed by atoms with Crippen LogP contribution < -0.4 is 16.0 Å². The van der Waals surface area contributed by atoms with Crippen LogP contribution in [0.5, 0.6) is 0 Å². The highest BCUT2D eigenvalue weighted by molar-refractivity contribution is 5.93. The van der Waals surface area contributed by atoms with Crippen molar-refractivity contribution in [2.75, 3.05) is 26.2 Å². The Kier molecular flexibility index (Phi) is 7.50. The van der Waals surface area contributed by atoms with E-state index in [1.807, 2.05) is 0 Å². The van der Waals surface area contributed by atoms with Gasteiger partial charge >= 0.3 is 12.1 Å². The Labute approximate surface area is 173 Å². The van der Waals surface area contributed by atoms with Gasteiger partial charge in [-0.2, -0.15) is 13.2 Å². The van der Waals surface area contributed by atoms with Crippen LogP contribution in [0.3, 0.4) is 0 Å². The zero-order valence-electron chi connectivity index (χ0n) is 15.9. The van der Waals surface area contributed by atoms with Crippen LogP contribution in [0, 0.1) is 10.1 Å². The number of alkyl halides is 3. The predicted molar refractivity (Wildman–Crippen MR) is 97.4 cm³/mol. The van der Waals surface area contributed by atoms with Gasteiger partial charge in [0.25, 0.3) is 5.69 Å². The van der Waals surface area contributed by atoms with E-state index in [4.69, 9.17) is 0 Å². The van der Waals surface area contributed by atoms with Crippen molar-refractivity contribution in [2.45, 2.75) is 18.6 Å². The first-order valence-corrected chi connectivity index (χ1v) is 8.90. The molecule has 1 atom stereocenters. The van der Waals surface area contributed by atoms with Gasteiger partial charge in [0.15, 0.2) is 0 Å². The number of rotatable bonds is 3. The van der Waals surface area contributed by atoms with Crippen molar-refractivity contribution in [2.24, 2.45) is 0 Å². The number of non-ortho nitro benzene ring substituents is 1. The fourth-order valence-corrected chi connectivity index (χ4v) is 2.73. The maximum Gasteiger partial charge on any atom is 0.471 e. The summed E-state index contributed by atoms with van der Waals surface area (Å²) in [4.78, 5) is 58.3. The fourth-order valence-electron chi connectivity index (χ4n) is 2.73. The van der Waals surface area contributed by atoms with E-state index in [1.54, 1.807) is 0 Å². The number of nitrogens with one attached hydrogen (secondary N) is 3. The number of carbonyl (C=O) groups is 4. The smallest absolute Gasteiger partial charge is 0.353 e. The summed E-state index contributed by atoms with van der Waals surface area (Å²) in [6.45, 7) is -2.41. The minimum absolute atomic E-state index is 0.162. The second kappa shape index (κ2) is 9.86. The minimum atomic E-state index is -5.23. The van der Waals surface area contributed by atoms with Gasteiger partial charge in [-0.15, -0.1) is 0 Å². The van der Waals surface area contributed by atoms with Crippen molar-refractivity contribution in [3.63, 3.8) is 0 Å². The molecule has 31 heavy (non-hydrogen) atoms. The number of nitro benzene ring substituents is 1. The summed E-state index contributed by atoms with van der Waals surface area (Å²) in [5.41, 5.74) is 0.208. The van der Waals surface area contributed by atoms with Gasteiger partial charge in [0.1, 0.15) is 6.04 Å². The van der Waals surface area contributed by atoms with Crippen LogP contribution in [0.4, 0.5) is 18.9 Å². The lowest BCUT2D eigenvalue weighted by molar-refractivity contribution is -0.384. The number of hydrogen-bond acceptors (Lipinski definition) is 6. The molecule has 0 aromatic heterocycles. The van der Waals surface area contributed by atoms with Crippen LogP contribution >= 0.6 is 0 Å². The summed E-state index contributed by atoms with van der Waals surface area (Å²) in [6, 6.07) is 3.76. The number of hydrogen-bond donors (Lipinski definition) is 3. The molecule has 3 N–H and O–H groups in total. The second-order valence-electron chi connectivity index (χ2n) is 6.54. The Balaban J connectivity index is 2.21. The Morgan fingerprint density at radius 1 is 1.13 bits per heavy atom. The first-order valence-electron chi connectivity index (χ1n) is 8.90. The van der Waals surface area contributed by atoms with Gasteiger partial charge in [-0.3, -0.25) is 29.3 Å². The van der Waals surface area contributed by atoms with Crippen molar-refractivity contribution in [1.29, 1.82) is 0 Å². The summed E-state index contributed by atoms with van der Waals surface area (Å²) in [6.07, 6.45) is -5.39. The average Bonchev–Trinajstić information content (AvgIpc) is 2.69. The summed E-state index contributed by atoms with van der Waals surface area (Å²) in [7, 11) is 0. The summed E-state index contributed by atoms with van der Waals surface area (Å²) < 4.78 is 38.4. The van der Waals surface area contributed by atoms with E-state index in [-0.39, 0.29) is 23.6 Å². The molecule has 4 amide bonds. The number of amides is 4. The zero-order chi connectivity index (χ0) is 23.2. The van der Waals surface area contributed by atoms with Crippen LogP contribution in [0.15, 0.2) is 24.3 Å². The van der Waals surface area contributed by atoms with Gasteiger partial charge in [-0.1, -0.05) is 12.1 Å². The Bertz CT molecular complexity index is 874. The first-order chi connectivity index (χ1) is 14.5. The van der Waals surface area contributed by atoms with Crippen molar-refractivity contribution in [1.82, 2.24) is 20.9 Å². The number of carbonyl (C=O) groups excluding carboxylic acids is 4. The van der Waals surface area contributed by atoms with Gasteiger partial charge < -0.3 is 20.9 Å². The van der Waals surface area contributed by atoms with Crippen LogP contribution in [-0.2, 0) is 25.6 Å². The van der Waals surface area contributed by atoms with E-state index >= 15 is 0 Å². The van der Waals surface area contributed by atoms with Gasteiger partial charge in [0.05, 0.1) is 18.0 Å². The van der Waals surface area contributed by atoms with Gasteiger partial charge in [-0.05, 0) is 5.56 Å². The summed E-state index contributed by atoms with van der Waals surface area (Å²) in [5, 5.41) is 17.5. The van der Waals surface area contributed by atoms with E-state index < -0.39 is 60.4 Å². The number of nitrogens with zero attached hydrogens (tertiary/aromatic N) is 2. The normalized spacial score (nSPS) is 18.7. The molecule has 168 valence electrons. The lowest BCUT2D eigenvalue weighted by Crippen LogP contribution is -2.55. The molecule has 2 rings (SSSR count). The molecule has 11 nitrogen and oxygen atoms in total. The van der Waals surface area contributed by atoms with Gasteiger partial charge in [0, 0.05) is 31.6 Å². The molecule has 1 aromatic rings. The quantitative estimate of drug-likeness (QED) is 0.412. The molecule has 1 aliphatic heterocycles. The third-order valence-corrected chi connectivity index (χ3v) is 4.23. The van der Waals surface area contributed by atoms with Crippen LogP contribution in [0.25, 0.3) is 0 Å². The second-order valence-corrected chi connectivity index (χ2v) is 6.54. The Morgan fingerprint density at radius 3 is 2.35 bits per heavy atom.